The second-order valence-corrected chi connectivity index (χ2v) is 6.02. The Kier molecular flexibility index (Phi) is 4.60. The van der Waals surface area contributed by atoms with Gasteiger partial charge in [-0.2, -0.15) is 0 Å². The summed E-state index contributed by atoms with van der Waals surface area (Å²) in [5.41, 5.74) is -0.503. The molecule has 1 amide bonds. The van der Waals surface area contributed by atoms with Crippen molar-refractivity contribution in [1.82, 2.24) is 10.3 Å². The quantitative estimate of drug-likeness (QED) is 0.902. The summed E-state index contributed by atoms with van der Waals surface area (Å²) < 4.78 is 5.53. The number of pyridine rings is 1. The van der Waals surface area contributed by atoms with Crippen molar-refractivity contribution in [1.29, 1.82) is 0 Å². The number of anilines is 1. The maximum Gasteiger partial charge on any atom is 0.416 e. The van der Waals surface area contributed by atoms with E-state index in [2.05, 4.69) is 10.3 Å². The Morgan fingerprint density at radius 3 is 2.60 bits per heavy atom. The van der Waals surface area contributed by atoms with Gasteiger partial charge in [-0.3, -0.25) is 4.90 Å². The number of amides is 1. The van der Waals surface area contributed by atoms with Crippen molar-refractivity contribution < 1.29 is 9.53 Å². The van der Waals surface area contributed by atoms with Crippen molar-refractivity contribution in [2.45, 2.75) is 45.3 Å². The highest BCUT2D eigenvalue weighted by Gasteiger charge is 2.31. The molecular formula is C15H23N3O2. The number of hydrogen-bond acceptors (Lipinski definition) is 4. The summed E-state index contributed by atoms with van der Waals surface area (Å²) in [5, 5.41) is 3.31. The van der Waals surface area contributed by atoms with Crippen LogP contribution in [0.1, 0.15) is 33.6 Å². The minimum absolute atomic E-state index is 0.140. The van der Waals surface area contributed by atoms with Crippen LogP contribution in [0.15, 0.2) is 24.4 Å². The third-order valence-corrected chi connectivity index (χ3v) is 3.16. The van der Waals surface area contributed by atoms with Gasteiger partial charge in [-0.25, -0.2) is 9.78 Å². The molecule has 2 rings (SSSR count). The molecule has 1 aromatic rings. The predicted molar refractivity (Wildman–Crippen MR) is 78.8 cm³/mol. The third-order valence-electron chi connectivity index (χ3n) is 3.16. The van der Waals surface area contributed by atoms with Gasteiger partial charge in [0.25, 0.3) is 0 Å². The van der Waals surface area contributed by atoms with E-state index in [4.69, 9.17) is 4.74 Å². The Morgan fingerprint density at radius 1 is 1.35 bits per heavy atom. The van der Waals surface area contributed by atoms with Gasteiger partial charge in [0, 0.05) is 12.2 Å². The average molecular weight is 277 g/mol. The SMILES string of the molecule is CC(C)(C)OC(=O)N(c1ccccn1)C1CCNCC1. The van der Waals surface area contributed by atoms with Gasteiger partial charge < -0.3 is 10.1 Å². The number of ether oxygens (including phenoxy) is 1. The van der Waals surface area contributed by atoms with Crippen LogP contribution in [-0.4, -0.2) is 35.8 Å². The fraction of sp³-hybridized carbons (Fsp3) is 0.600. The highest BCUT2D eigenvalue weighted by molar-refractivity contribution is 5.87. The molecule has 1 fully saturated rings. The summed E-state index contributed by atoms with van der Waals surface area (Å²) in [5.74, 6) is 0.661. The van der Waals surface area contributed by atoms with Crippen LogP contribution < -0.4 is 10.2 Å². The van der Waals surface area contributed by atoms with Gasteiger partial charge in [-0.05, 0) is 58.8 Å². The molecule has 1 saturated heterocycles. The van der Waals surface area contributed by atoms with Crippen LogP contribution in [0.25, 0.3) is 0 Å². The monoisotopic (exact) mass is 277 g/mol. The summed E-state index contributed by atoms with van der Waals surface area (Å²) >= 11 is 0. The van der Waals surface area contributed by atoms with Crippen LogP contribution in [0.4, 0.5) is 10.6 Å². The summed E-state index contributed by atoms with van der Waals surface area (Å²) in [6, 6.07) is 5.73. The van der Waals surface area contributed by atoms with Crippen LogP contribution in [0.2, 0.25) is 0 Å². The van der Waals surface area contributed by atoms with E-state index in [0.717, 1.165) is 25.9 Å². The van der Waals surface area contributed by atoms with E-state index < -0.39 is 5.60 Å². The lowest BCUT2D eigenvalue weighted by Gasteiger charge is -2.35. The molecule has 110 valence electrons. The Balaban J connectivity index is 2.22. The molecule has 0 spiro atoms. The first kappa shape index (κ1) is 14.8. The normalized spacial score (nSPS) is 16.8. The van der Waals surface area contributed by atoms with Crippen molar-refractivity contribution >= 4 is 11.9 Å². The fourth-order valence-electron chi connectivity index (χ4n) is 2.30. The van der Waals surface area contributed by atoms with E-state index in [9.17, 15) is 4.79 Å². The minimum atomic E-state index is -0.503. The van der Waals surface area contributed by atoms with E-state index >= 15 is 0 Å². The molecule has 0 atom stereocenters. The lowest BCUT2D eigenvalue weighted by Crippen LogP contribution is -2.48. The number of aromatic nitrogens is 1. The molecule has 1 aliphatic rings. The molecule has 1 aromatic heterocycles. The molecule has 0 aliphatic carbocycles. The topological polar surface area (TPSA) is 54.5 Å². The summed E-state index contributed by atoms with van der Waals surface area (Å²) in [6.45, 7) is 7.46. The number of carbonyl (C=O) groups excluding carboxylic acids is 1. The van der Waals surface area contributed by atoms with Crippen molar-refractivity contribution in [2.24, 2.45) is 0 Å². The summed E-state index contributed by atoms with van der Waals surface area (Å²) in [7, 11) is 0. The molecule has 0 aromatic carbocycles. The van der Waals surface area contributed by atoms with Crippen molar-refractivity contribution in [2.75, 3.05) is 18.0 Å². The predicted octanol–water partition coefficient (Wildman–Crippen LogP) is 2.58. The highest BCUT2D eigenvalue weighted by atomic mass is 16.6. The first-order valence-electron chi connectivity index (χ1n) is 7.11. The van der Waals surface area contributed by atoms with Gasteiger partial charge in [0.15, 0.2) is 0 Å². The molecule has 1 aliphatic heterocycles. The molecule has 0 bridgehead atoms. The van der Waals surface area contributed by atoms with Gasteiger partial charge in [0.05, 0.1) is 0 Å². The van der Waals surface area contributed by atoms with E-state index in [-0.39, 0.29) is 12.1 Å². The van der Waals surface area contributed by atoms with Gasteiger partial charge in [0.1, 0.15) is 11.4 Å². The minimum Gasteiger partial charge on any atom is -0.443 e. The van der Waals surface area contributed by atoms with Crippen LogP contribution >= 0.6 is 0 Å². The van der Waals surface area contributed by atoms with Crippen molar-refractivity contribution in [3.05, 3.63) is 24.4 Å². The number of piperidine rings is 1. The average Bonchev–Trinajstić information content (AvgIpc) is 2.39. The zero-order chi connectivity index (χ0) is 14.6. The van der Waals surface area contributed by atoms with Crippen LogP contribution in [0, 0.1) is 0 Å². The zero-order valence-corrected chi connectivity index (χ0v) is 12.4. The van der Waals surface area contributed by atoms with Crippen LogP contribution in [-0.2, 0) is 4.74 Å². The number of hydrogen-bond donors (Lipinski definition) is 1. The van der Waals surface area contributed by atoms with Crippen LogP contribution in [0.3, 0.4) is 0 Å². The summed E-state index contributed by atoms with van der Waals surface area (Å²) in [4.78, 5) is 18.5. The lowest BCUT2D eigenvalue weighted by atomic mass is 10.1. The molecule has 20 heavy (non-hydrogen) atoms. The number of rotatable bonds is 2. The third kappa shape index (κ3) is 3.93. The largest absolute Gasteiger partial charge is 0.443 e. The Hall–Kier alpha value is -1.62. The van der Waals surface area contributed by atoms with Gasteiger partial charge in [0.2, 0.25) is 0 Å². The summed E-state index contributed by atoms with van der Waals surface area (Å²) in [6.07, 6.45) is 3.21. The lowest BCUT2D eigenvalue weighted by molar-refractivity contribution is 0.0558. The molecule has 5 heteroatoms. The van der Waals surface area contributed by atoms with E-state index in [1.165, 1.54) is 0 Å². The Bertz CT molecular complexity index is 436. The maximum atomic E-state index is 12.5. The first-order chi connectivity index (χ1) is 9.47. The zero-order valence-electron chi connectivity index (χ0n) is 12.4. The van der Waals surface area contributed by atoms with Crippen molar-refractivity contribution in [3.8, 4) is 0 Å². The highest BCUT2D eigenvalue weighted by Crippen LogP contribution is 2.22. The van der Waals surface area contributed by atoms with Gasteiger partial charge in [-0.1, -0.05) is 6.07 Å². The molecule has 5 nitrogen and oxygen atoms in total. The number of carbonyl (C=O) groups is 1. The van der Waals surface area contributed by atoms with E-state index in [0.29, 0.717) is 5.82 Å². The standard InChI is InChI=1S/C15H23N3O2/c1-15(2,3)20-14(19)18(12-7-10-16-11-8-12)13-6-4-5-9-17-13/h4-6,9,12,16H,7-8,10-11H2,1-3H3. The van der Waals surface area contributed by atoms with E-state index in [1.807, 2.05) is 39.0 Å². The van der Waals surface area contributed by atoms with Crippen molar-refractivity contribution in [3.63, 3.8) is 0 Å². The van der Waals surface area contributed by atoms with Gasteiger partial charge in [-0.15, -0.1) is 0 Å². The van der Waals surface area contributed by atoms with Crippen LogP contribution in [0.5, 0.6) is 0 Å². The molecular weight excluding hydrogens is 254 g/mol. The molecule has 1 N–H and O–H groups in total. The van der Waals surface area contributed by atoms with Gasteiger partial charge >= 0.3 is 6.09 Å². The number of nitrogens with one attached hydrogen (secondary N) is 1. The smallest absolute Gasteiger partial charge is 0.416 e. The molecule has 0 saturated carbocycles. The second kappa shape index (κ2) is 6.22. The molecule has 0 radical (unpaired) electrons. The molecule has 2 heterocycles. The Morgan fingerprint density at radius 2 is 2.05 bits per heavy atom. The first-order valence-corrected chi connectivity index (χ1v) is 7.11. The maximum absolute atomic E-state index is 12.5. The second-order valence-electron chi connectivity index (χ2n) is 6.02. The molecule has 0 unspecified atom stereocenters. The Labute approximate surface area is 120 Å². The number of nitrogens with zero attached hydrogens (tertiary/aromatic N) is 2. The van der Waals surface area contributed by atoms with E-state index in [1.54, 1.807) is 11.1 Å². The fourth-order valence-corrected chi connectivity index (χ4v) is 2.30.